The smallest absolute Gasteiger partial charge is 0.119 e. The van der Waals surface area contributed by atoms with Crippen molar-refractivity contribution in [3.8, 4) is 0 Å². The van der Waals surface area contributed by atoms with E-state index in [4.69, 9.17) is 9.05 Å². The summed E-state index contributed by atoms with van der Waals surface area (Å²) in [5.41, 5.74) is 0. The highest BCUT2D eigenvalue weighted by Crippen LogP contribution is 2.25. The molecule has 0 aromatic rings. The van der Waals surface area contributed by atoms with E-state index in [2.05, 4.69) is 27.7 Å². The van der Waals surface area contributed by atoms with Gasteiger partial charge in [0.05, 0.1) is 0 Å². The fourth-order valence-electron chi connectivity index (χ4n) is 3.46. The highest BCUT2D eigenvalue weighted by molar-refractivity contribution is 7.33. The van der Waals surface area contributed by atoms with E-state index >= 15 is 0 Å². The molecule has 0 aliphatic rings. The molecular formula is C27H58O3P+. The van der Waals surface area contributed by atoms with Crippen LogP contribution in [0.5, 0.6) is 0 Å². The lowest BCUT2D eigenvalue weighted by Gasteiger charge is -1.99. The molecule has 0 fully saturated rings. The van der Waals surface area contributed by atoms with Gasteiger partial charge in [-0.1, -0.05) is 150 Å². The predicted octanol–water partition coefficient (Wildman–Crippen LogP) is 10.9. The van der Waals surface area contributed by atoms with Crippen molar-refractivity contribution < 1.29 is 13.6 Å². The number of rotatable bonds is 24. The Bertz CT molecular complexity index is 296. The second kappa shape index (κ2) is 32.2. The van der Waals surface area contributed by atoms with Gasteiger partial charge in [0.1, 0.15) is 13.2 Å². The van der Waals surface area contributed by atoms with E-state index in [9.17, 15) is 4.57 Å². The van der Waals surface area contributed by atoms with Crippen LogP contribution >= 0.6 is 8.25 Å². The Labute approximate surface area is 197 Å². The molecule has 0 bridgehead atoms. The fourth-order valence-corrected chi connectivity index (χ4v) is 4.09. The molecule has 0 aromatic heterocycles. The Hall–Kier alpha value is 0.0200. The average Bonchev–Trinajstić information content (AvgIpc) is 2.78. The monoisotopic (exact) mass is 461 g/mol. The molecule has 0 heterocycles. The van der Waals surface area contributed by atoms with E-state index in [-0.39, 0.29) is 0 Å². The van der Waals surface area contributed by atoms with Gasteiger partial charge in [-0.15, -0.1) is 9.05 Å². The molecule has 0 saturated carbocycles. The van der Waals surface area contributed by atoms with E-state index in [1.807, 2.05) is 0 Å². The molecule has 188 valence electrons. The van der Waals surface area contributed by atoms with Crippen molar-refractivity contribution in [1.29, 1.82) is 0 Å². The SMILES string of the molecule is CCCCCCCCC.CCCCCCCCCO[P+](=O)OCCCCCCCCC. The van der Waals surface area contributed by atoms with Gasteiger partial charge in [0.15, 0.2) is 0 Å². The van der Waals surface area contributed by atoms with Gasteiger partial charge in [0.2, 0.25) is 0 Å². The van der Waals surface area contributed by atoms with Crippen LogP contribution in [0.15, 0.2) is 0 Å². The zero-order valence-corrected chi connectivity index (χ0v) is 22.8. The Morgan fingerprint density at radius 1 is 0.387 bits per heavy atom. The first-order valence-corrected chi connectivity index (χ1v) is 15.0. The lowest BCUT2D eigenvalue weighted by Crippen LogP contribution is -1.92. The first kappa shape index (κ1) is 33.2. The van der Waals surface area contributed by atoms with Crippen LogP contribution in [0.2, 0.25) is 0 Å². The highest BCUT2D eigenvalue weighted by Gasteiger charge is 2.18. The third kappa shape index (κ3) is 34.8. The summed E-state index contributed by atoms with van der Waals surface area (Å²) in [6, 6.07) is 0. The van der Waals surface area contributed by atoms with Crippen molar-refractivity contribution in [3.05, 3.63) is 0 Å². The summed E-state index contributed by atoms with van der Waals surface area (Å²) in [7, 11) is -1.89. The van der Waals surface area contributed by atoms with Crippen molar-refractivity contribution in [2.24, 2.45) is 0 Å². The van der Waals surface area contributed by atoms with Gasteiger partial charge in [-0.25, -0.2) is 0 Å². The number of hydrogen-bond acceptors (Lipinski definition) is 3. The summed E-state index contributed by atoms with van der Waals surface area (Å²) in [6.45, 7) is 10.1. The molecule has 0 unspecified atom stereocenters. The van der Waals surface area contributed by atoms with Gasteiger partial charge in [0.25, 0.3) is 0 Å². The lowest BCUT2D eigenvalue weighted by molar-refractivity contribution is 0.218. The summed E-state index contributed by atoms with van der Waals surface area (Å²) in [5.74, 6) is 0. The zero-order valence-electron chi connectivity index (χ0n) is 21.9. The van der Waals surface area contributed by atoms with Crippen molar-refractivity contribution >= 4 is 8.25 Å². The van der Waals surface area contributed by atoms with Crippen LogP contribution in [0.4, 0.5) is 0 Å². The Kier molecular flexibility index (Phi) is 34.5. The van der Waals surface area contributed by atoms with Gasteiger partial charge in [0, 0.05) is 4.57 Å². The molecule has 3 nitrogen and oxygen atoms in total. The van der Waals surface area contributed by atoms with Crippen LogP contribution in [-0.4, -0.2) is 13.2 Å². The summed E-state index contributed by atoms with van der Waals surface area (Å²) in [6.07, 6.45) is 27.4. The van der Waals surface area contributed by atoms with E-state index in [0.717, 1.165) is 12.8 Å². The minimum Gasteiger partial charge on any atom is -0.119 e. The van der Waals surface area contributed by atoms with E-state index in [1.165, 1.54) is 122 Å². The maximum atomic E-state index is 11.5. The molecule has 0 N–H and O–H groups in total. The number of unbranched alkanes of at least 4 members (excludes halogenated alkanes) is 18. The summed E-state index contributed by atoms with van der Waals surface area (Å²) >= 11 is 0. The molecule has 0 aromatic carbocycles. The van der Waals surface area contributed by atoms with Gasteiger partial charge in [-0.2, -0.15) is 0 Å². The van der Waals surface area contributed by atoms with Crippen LogP contribution in [-0.2, 0) is 13.6 Å². The molecule has 0 radical (unpaired) electrons. The normalized spacial score (nSPS) is 10.7. The minimum atomic E-state index is -1.89. The van der Waals surface area contributed by atoms with Crippen molar-refractivity contribution in [1.82, 2.24) is 0 Å². The summed E-state index contributed by atoms with van der Waals surface area (Å²) < 4.78 is 21.9. The fraction of sp³-hybridized carbons (Fsp3) is 1.00. The predicted molar refractivity (Wildman–Crippen MR) is 139 cm³/mol. The Morgan fingerprint density at radius 2 is 0.613 bits per heavy atom. The third-order valence-electron chi connectivity index (χ3n) is 5.60. The molecule has 0 aliphatic carbocycles. The van der Waals surface area contributed by atoms with Crippen LogP contribution in [0.1, 0.15) is 163 Å². The lowest BCUT2D eigenvalue weighted by atomic mass is 10.1. The van der Waals surface area contributed by atoms with Crippen molar-refractivity contribution in [3.63, 3.8) is 0 Å². The molecule has 0 aliphatic heterocycles. The topological polar surface area (TPSA) is 35.5 Å². The molecule has 0 rings (SSSR count). The summed E-state index contributed by atoms with van der Waals surface area (Å²) in [4.78, 5) is 0. The maximum absolute atomic E-state index is 11.5. The van der Waals surface area contributed by atoms with E-state index < -0.39 is 8.25 Å². The second-order valence-corrected chi connectivity index (χ2v) is 9.86. The molecule has 0 saturated heterocycles. The standard InChI is InChI=1S/C18H38O3P.C9H20/c1-3-5-7-9-11-13-15-17-20-22(19)21-18-16-14-12-10-8-6-4-2;1-3-5-7-9-8-6-4-2/h3-18H2,1-2H3;3-9H2,1-2H3/q+1;. The van der Waals surface area contributed by atoms with E-state index in [1.54, 1.807) is 0 Å². The maximum Gasteiger partial charge on any atom is 0.697 e. The van der Waals surface area contributed by atoms with Crippen LogP contribution in [0.3, 0.4) is 0 Å². The van der Waals surface area contributed by atoms with Gasteiger partial charge in [-0.3, -0.25) is 0 Å². The first-order chi connectivity index (χ1) is 15.2. The molecule has 31 heavy (non-hydrogen) atoms. The quantitative estimate of drug-likeness (QED) is 0.106. The van der Waals surface area contributed by atoms with Crippen LogP contribution < -0.4 is 0 Å². The largest absolute Gasteiger partial charge is 0.697 e. The third-order valence-corrected chi connectivity index (χ3v) is 6.38. The molecule has 0 amide bonds. The van der Waals surface area contributed by atoms with Crippen molar-refractivity contribution in [2.75, 3.05) is 13.2 Å². The minimum absolute atomic E-state index is 0.569. The van der Waals surface area contributed by atoms with Gasteiger partial charge in [-0.05, 0) is 12.8 Å². The van der Waals surface area contributed by atoms with Gasteiger partial charge < -0.3 is 0 Å². The Balaban J connectivity index is 0. The van der Waals surface area contributed by atoms with E-state index in [0.29, 0.717) is 13.2 Å². The van der Waals surface area contributed by atoms with Crippen LogP contribution in [0.25, 0.3) is 0 Å². The molecule has 4 heteroatoms. The highest BCUT2D eigenvalue weighted by atomic mass is 31.1. The molecular weight excluding hydrogens is 403 g/mol. The van der Waals surface area contributed by atoms with Crippen molar-refractivity contribution in [2.45, 2.75) is 163 Å². The average molecular weight is 462 g/mol. The number of hydrogen-bond donors (Lipinski definition) is 0. The van der Waals surface area contributed by atoms with Gasteiger partial charge >= 0.3 is 8.25 Å². The Morgan fingerprint density at radius 3 is 0.871 bits per heavy atom. The molecule has 0 atom stereocenters. The second-order valence-electron chi connectivity index (χ2n) is 8.90. The summed E-state index contributed by atoms with van der Waals surface area (Å²) in [5, 5.41) is 0. The zero-order chi connectivity index (χ0) is 23.3. The molecule has 0 spiro atoms. The first-order valence-electron chi connectivity index (χ1n) is 14.0. The van der Waals surface area contributed by atoms with Crippen LogP contribution in [0, 0.1) is 0 Å².